The SMILES string of the molecule is CN=C(NCCS(=O)(=O)c1ccccc1)NCc1ccc(C)c(F)c1. The number of guanidine groups is 1. The maximum atomic E-state index is 13.5. The van der Waals surface area contributed by atoms with Crippen LogP contribution in [0.2, 0.25) is 0 Å². The van der Waals surface area contributed by atoms with E-state index in [1.165, 1.54) is 6.07 Å². The van der Waals surface area contributed by atoms with Crippen molar-refractivity contribution in [2.75, 3.05) is 19.3 Å². The summed E-state index contributed by atoms with van der Waals surface area (Å²) in [6, 6.07) is 13.3. The van der Waals surface area contributed by atoms with Crippen LogP contribution < -0.4 is 10.6 Å². The van der Waals surface area contributed by atoms with E-state index in [0.29, 0.717) is 23.0 Å². The van der Waals surface area contributed by atoms with Gasteiger partial charge in [-0.25, -0.2) is 12.8 Å². The molecule has 2 aromatic rings. The van der Waals surface area contributed by atoms with E-state index < -0.39 is 9.84 Å². The van der Waals surface area contributed by atoms with E-state index in [9.17, 15) is 12.8 Å². The van der Waals surface area contributed by atoms with Crippen LogP contribution in [-0.2, 0) is 16.4 Å². The molecule has 0 amide bonds. The van der Waals surface area contributed by atoms with E-state index in [1.807, 2.05) is 6.07 Å². The molecule has 0 aliphatic carbocycles. The molecule has 2 N–H and O–H groups in total. The van der Waals surface area contributed by atoms with E-state index in [0.717, 1.165) is 5.56 Å². The molecule has 2 aromatic carbocycles. The van der Waals surface area contributed by atoms with Crippen LogP contribution in [-0.4, -0.2) is 33.7 Å². The summed E-state index contributed by atoms with van der Waals surface area (Å²) in [6.45, 7) is 2.32. The normalized spacial score (nSPS) is 12.0. The second-order valence-corrected chi connectivity index (χ2v) is 7.68. The lowest BCUT2D eigenvalue weighted by atomic mass is 10.1. The van der Waals surface area contributed by atoms with E-state index >= 15 is 0 Å². The van der Waals surface area contributed by atoms with Gasteiger partial charge in [-0.05, 0) is 36.2 Å². The van der Waals surface area contributed by atoms with Gasteiger partial charge in [0.25, 0.3) is 0 Å². The third-order valence-electron chi connectivity index (χ3n) is 3.69. The van der Waals surface area contributed by atoms with Crippen LogP contribution in [0.3, 0.4) is 0 Å². The molecule has 5 nitrogen and oxygen atoms in total. The maximum Gasteiger partial charge on any atom is 0.191 e. The standard InChI is InChI=1S/C18H22FN3O2S/c1-14-8-9-15(12-17(14)19)13-22-18(20-2)21-10-11-25(23,24)16-6-4-3-5-7-16/h3-9,12H,10-11,13H2,1-2H3,(H2,20,21,22). The number of nitrogens with zero attached hydrogens (tertiary/aromatic N) is 1. The fourth-order valence-corrected chi connectivity index (χ4v) is 3.38. The number of sulfone groups is 1. The third kappa shape index (κ3) is 5.56. The number of nitrogens with one attached hydrogen (secondary N) is 2. The molecule has 0 saturated heterocycles. The highest BCUT2D eigenvalue weighted by atomic mass is 32.2. The molecule has 2 rings (SSSR count). The predicted octanol–water partition coefficient (Wildman–Crippen LogP) is 2.27. The van der Waals surface area contributed by atoms with Crippen molar-refractivity contribution in [1.82, 2.24) is 10.6 Å². The molecule has 0 spiro atoms. The zero-order valence-corrected chi connectivity index (χ0v) is 15.1. The highest BCUT2D eigenvalue weighted by molar-refractivity contribution is 7.91. The molecule has 0 atom stereocenters. The van der Waals surface area contributed by atoms with Gasteiger partial charge in [0.2, 0.25) is 0 Å². The number of aryl methyl sites for hydroxylation is 1. The van der Waals surface area contributed by atoms with Crippen LogP contribution in [0.1, 0.15) is 11.1 Å². The molecule has 0 heterocycles. The predicted molar refractivity (Wildman–Crippen MR) is 97.8 cm³/mol. The number of rotatable bonds is 6. The van der Waals surface area contributed by atoms with E-state index in [1.54, 1.807) is 50.4 Å². The zero-order chi connectivity index (χ0) is 18.3. The van der Waals surface area contributed by atoms with Gasteiger partial charge in [0, 0.05) is 20.1 Å². The molecule has 25 heavy (non-hydrogen) atoms. The first-order valence-corrected chi connectivity index (χ1v) is 9.55. The highest BCUT2D eigenvalue weighted by Crippen LogP contribution is 2.10. The Morgan fingerprint density at radius 1 is 1.12 bits per heavy atom. The average Bonchev–Trinajstić information content (AvgIpc) is 2.61. The van der Waals surface area contributed by atoms with Gasteiger partial charge in [0.05, 0.1) is 10.6 Å². The quantitative estimate of drug-likeness (QED) is 0.610. The lowest BCUT2D eigenvalue weighted by molar-refractivity contribution is 0.594. The summed E-state index contributed by atoms with van der Waals surface area (Å²) < 4.78 is 38.0. The molecule has 7 heteroatoms. The largest absolute Gasteiger partial charge is 0.355 e. The molecule has 0 bridgehead atoms. The summed E-state index contributed by atoms with van der Waals surface area (Å²) in [5.74, 6) is 0.164. The minimum absolute atomic E-state index is 0.0448. The van der Waals surface area contributed by atoms with Crippen molar-refractivity contribution < 1.29 is 12.8 Å². The first-order chi connectivity index (χ1) is 11.9. The summed E-state index contributed by atoms with van der Waals surface area (Å²) in [4.78, 5) is 4.34. The maximum absolute atomic E-state index is 13.5. The summed E-state index contributed by atoms with van der Waals surface area (Å²) in [6.07, 6.45) is 0. The van der Waals surface area contributed by atoms with Gasteiger partial charge in [-0.2, -0.15) is 0 Å². The van der Waals surface area contributed by atoms with Crippen LogP contribution in [0.4, 0.5) is 4.39 Å². The first kappa shape index (κ1) is 18.9. The van der Waals surface area contributed by atoms with Crippen LogP contribution in [0.15, 0.2) is 58.4 Å². The number of hydrogen-bond acceptors (Lipinski definition) is 3. The van der Waals surface area contributed by atoms with Crippen LogP contribution in [0, 0.1) is 12.7 Å². The second kappa shape index (κ2) is 8.62. The van der Waals surface area contributed by atoms with Gasteiger partial charge in [-0.15, -0.1) is 0 Å². The van der Waals surface area contributed by atoms with E-state index in [2.05, 4.69) is 15.6 Å². The Labute approximate surface area is 147 Å². The average molecular weight is 363 g/mol. The van der Waals surface area contributed by atoms with Crippen molar-refractivity contribution in [3.8, 4) is 0 Å². The molecule has 0 aliphatic rings. The van der Waals surface area contributed by atoms with E-state index in [-0.39, 0.29) is 18.1 Å². The fourth-order valence-electron chi connectivity index (χ4n) is 2.20. The Morgan fingerprint density at radius 2 is 1.84 bits per heavy atom. The first-order valence-electron chi connectivity index (χ1n) is 7.90. The highest BCUT2D eigenvalue weighted by Gasteiger charge is 2.13. The van der Waals surface area contributed by atoms with Gasteiger partial charge in [0.1, 0.15) is 5.82 Å². The van der Waals surface area contributed by atoms with Gasteiger partial charge < -0.3 is 10.6 Å². The monoisotopic (exact) mass is 363 g/mol. The van der Waals surface area contributed by atoms with Crippen LogP contribution in [0.5, 0.6) is 0 Å². The van der Waals surface area contributed by atoms with Crippen molar-refractivity contribution >= 4 is 15.8 Å². The minimum atomic E-state index is -3.34. The fraction of sp³-hybridized carbons (Fsp3) is 0.278. The number of halogens is 1. The Balaban J connectivity index is 1.85. The van der Waals surface area contributed by atoms with Gasteiger partial charge in [-0.3, -0.25) is 4.99 Å². The molecular formula is C18H22FN3O2S. The van der Waals surface area contributed by atoms with Gasteiger partial charge >= 0.3 is 0 Å². The molecule has 0 fully saturated rings. The molecule has 134 valence electrons. The van der Waals surface area contributed by atoms with E-state index in [4.69, 9.17) is 0 Å². The zero-order valence-electron chi connectivity index (χ0n) is 14.3. The summed E-state index contributed by atoms with van der Waals surface area (Å²) >= 11 is 0. The molecule has 0 radical (unpaired) electrons. The Hall–Kier alpha value is -2.41. The summed E-state index contributed by atoms with van der Waals surface area (Å²) in [5, 5.41) is 5.99. The number of aliphatic imine (C=N–C) groups is 1. The number of hydrogen-bond donors (Lipinski definition) is 2. The smallest absolute Gasteiger partial charge is 0.191 e. The Kier molecular flexibility index (Phi) is 6.52. The topological polar surface area (TPSA) is 70.6 Å². The van der Waals surface area contributed by atoms with Crippen LogP contribution in [0.25, 0.3) is 0 Å². The third-order valence-corrected chi connectivity index (χ3v) is 5.42. The molecule has 0 aromatic heterocycles. The Bertz CT molecular complexity index is 837. The molecule has 0 aliphatic heterocycles. The van der Waals surface area contributed by atoms with Crippen molar-refractivity contribution in [3.63, 3.8) is 0 Å². The summed E-state index contributed by atoms with van der Waals surface area (Å²) in [5.41, 5.74) is 1.38. The Morgan fingerprint density at radius 3 is 2.48 bits per heavy atom. The van der Waals surface area contributed by atoms with Crippen molar-refractivity contribution in [3.05, 3.63) is 65.5 Å². The lowest BCUT2D eigenvalue weighted by Crippen LogP contribution is -2.39. The summed E-state index contributed by atoms with van der Waals surface area (Å²) in [7, 11) is -1.74. The minimum Gasteiger partial charge on any atom is -0.355 e. The number of benzene rings is 2. The molecular weight excluding hydrogens is 341 g/mol. The van der Waals surface area contributed by atoms with Gasteiger partial charge in [-0.1, -0.05) is 30.3 Å². The van der Waals surface area contributed by atoms with Gasteiger partial charge in [0.15, 0.2) is 15.8 Å². The second-order valence-electron chi connectivity index (χ2n) is 5.57. The van der Waals surface area contributed by atoms with Crippen molar-refractivity contribution in [2.45, 2.75) is 18.4 Å². The molecule has 0 unspecified atom stereocenters. The van der Waals surface area contributed by atoms with Crippen molar-refractivity contribution in [1.29, 1.82) is 0 Å². The van der Waals surface area contributed by atoms with Crippen LogP contribution >= 0.6 is 0 Å². The van der Waals surface area contributed by atoms with Crippen molar-refractivity contribution in [2.24, 2.45) is 4.99 Å². The lowest BCUT2D eigenvalue weighted by Gasteiger charge is -2.12. The molecule has 0 saturated carbocycles.